The molecule has 0 aromatic heterocycles. The number of hydrogen-bond acceptors (Lipinski definition) is 0. The summed E-state index contributed by atoms with van der Waals surface area (Å²) in [6.07, 6.45) is 4.81. The fraction of sp³-hybridized carbons (Fsp3) is 0.452. The molecule has 0 bridgehead atoms. The standard InChI is InChI=1S/C21H25.C12H19.C9H10.Zr/c1-20(2,3)16-7-9-18-14(12-16)11-15-13-17(21(4,5)6)8-10-19(15)18;1-6-10-7-9(2)8-11(10)12(3,4)5;1-3-9-6-4-8(2)5-7-9;/h7-10,12H,11H2,1-6H3;8-9H,6H2,1-5H3;4-7H,1-2H3;. The maximum absolute atomic E-state index is 2.70. The first kappa shape index (κ1) is 32.3. The summed E-state index contributed by atoms with van der Waals surface area (Å²) in [5.41, 5.74) is 15.5. The molecule has 1 atom stereocenters. The molecule has 2 aliphatic rings. The van der Waals surface area contributed by atoms with Crippen LogP contribution in [0.2, 0.25) is 0 Å². The van der Waals surface area contributed by atoms with Gasteiger partial charge in [-0.1, -0.05) is 0 Å². The molecule has 0 heterocycles. The Morgan fingerprint density at radius 3 is 1.98 bits per heavy atom. The van der Waals surface area contributed by atoms with E-state index >= 15 is 0 Å². The topological polar surface area (TPSA) is 0 Å². The molecule has 0 spiro atoms. The third-order valence-electron chi connectivity index (χ3n) is 9.81. The molecule has 43 heavy (non-hydrogen) atoms. The third-order valence-corrected chi connectivity index (χ3v) is 18.2. The van der Waals surface area contributed by atoms with E-state index in [2.05, 4.69) is 151 Å². The van der Waals surface area contributed by atoms with Gasteiger partial charge in [0, 0.05) is 0 Å². The van der Waals surface area contributed by atoms with Gasteiger partial charge in [-0.25, -0.2) is 0 Å². The number of hydrogen-bond donors (Lipinski definition) is 0. The summed E-state index contributed by atoms with van der Waals surface area (Å²) in [7, 11) is 0. The zero-order chi connectivity index (χ0) is 31.6. The molecule has 0 nitrogen and oxygen atoms in total. The second kappa shape index (κ2) is 11.4. The van der Waals surface area contributed by atoms with Crippen LogP contribution in [0.3, 0.4) is 0 Å². The van der Waals surface area contributed by atoms with Crippen LogP contribution in [0, 0.1) is 18.3 Å². The van der Waals surface area contributed by atoms with Crippen LogP contribution in [0.15, 0.2) is 75.1 Å². The zero-order valence-corrected chi connectivity index (χ0v) is 31.7. The van der Waals surface area contributed by atoms with Gasteiger partial charge in [0.15, 0.2) is 0 Å². The first-order chi connectivity index (χ1) is 19.9. The molecule has 1 unspecified atom stereocenters. The third kappa shape index (κ3) is 5.98. The predicted octanol–water partition coefficient (Wildman–Crippen LogP) is 10.9. The maximum atomic E-state index is 2.64. The van der Waals surface area contributed by atoms with Crippen LogP contribution in [0.1, 0.15) is 123 Å². The van der Waals surface area contributed by atoms with Gasteiger partial charge in [-0.3, -0.25) is 0 Å². The molecule has 3 aromatic rings. The van der Waals surface area contributed by atoms with Gasteiger partial charge >= 0.3 is 272 Å². The van der Waals surface area contributed by atoms with Crippen LogP contribution in [0.4, 0.5) is 0 Å². The van der Waals surface area contributed by atoms with E-state index in [4.69, 9.17) is 0 Å². The zero-order valence-electron chi connectivity index (χ0n) is 29.3. The fourth-order valence-electron chi connectivity index (χ4n) is 7.44. The molecule has 0 fully saturated rings. The molecule has 0 N–H and O–H groups in total. The Bertz CT molecular complexity index is 1660. The summed E-state index contributed by atoms with van der Waals surface area (Å²) in [4.78, 5) is 0. The van der Waals surface area contributed by atoms with E-state index in [0.717, 1.165) is 12.8 Å². The second-order valence-electron chi connectivity index (χ2n) is 16.3. The Morgan fingerprint density at radius 2 is 1.42 bits per heavy atom. The summed E-state index contributed by atoms with van der Waals surface area (Å²) in [5, 5.41) is 0. The molecule has 0 aliphatic heterocycles. The van der Waals surface area contributed by atoms with Crippen molar-refractivity contribution < 1.29 is 21.3 Å². The van der Waals surface area contributed by atoms with Crippen molar-refractivity contribution in [1.82, 2.24) is 0 Å². The van der Waals surface area contributed by atoms with E-state index in [1.807, 2.05) is 3.28 Å². The van der Waals surface area contributed by atoms with E-state index in [1.165, 1.54) is 33.4 Å². The average Bonchev–Trinajstić information content (AvgIpc) is 3.45. The van der Waals surface area contributed by atoms with Crippen molar-refractivity contribution >= 4 is 6.48 Å². The summed E-state index contributed by atoms with van der Waals surface area (Å²) in [5.74, 6) is 0.485. The molecule has 0 saturated carbocycles. The minimum absolute atomic E-state index is 0.0736. The Morgan fingerprint density at radius 1 is 0.791 bits per heavy atom. The summed E-state index contributed by atoms with van der Waals surface area (Å²) in [6, 6.07) is 21.7. The van der Waals surface area contributed by atoms with Gasteiger partial charge in [0.05, 0.1) is 0 Å². The van der Waals surface area contributed by atoms with Gasteiger partial charge in [-0.05, 0) is 0 Å². The molecule has 0 amide bonds. The van der Waals surface area contributed by atoms with Crippen LogP contribution < -0.4 is 3.27 Å². The minimum atomic E-state index is -2.70. The van der Waals surface area contributed by atoms with Crippen molar-refractivity contribution in [2.24, 2.45) is 11.3 Å². The van der Waals surface area contributed by atoms with E-state index in [0.29, 0.717) is 5.92 Å². The molecule has 3 aromatic carbocycles. The van der Waals surface area contributed by atoms with Crippen LogP contribution in [-0.2, 0) is 38.5 Å². The van der Waals surface area contributed by atoms with Gasteiger partial charge in [0.2, 0.25) is 0 Å². The SMILES string of the molecule is CCC1=[C](/[Zr](=[C](\C)c2ccc(C)cc2)[c]2c(C(C)(C)C)ccc3c2Cc2cc(C(C)(C)C)ccc2-3)C(C)C=C1C(C)(C)C. The van der Waals surface area contributed by atoms with Crippen LogP contribution in [0.5, 0.6) is 0 Å². The monoisotopic (exact) mass is 648 g/mol. The first-order valence-corrected chi connectivity index (χ1v) is 20.2. The van der Waals surface area contributed by atoms with Gasteiger partial charge in [-0.2, -0.15) is 0 Å². The van der Waals surface area contributed by atoms with E-state index in [9.17, 15) is 0 Å². The summed E-state index contributed by atoms with van der Waals surface area (Å²) in [6.45, 7) is 31.2. The Hall–Kier alpha value is -2.11. The fourth-order valence-corrected chi connectivity index (χ4v) is 17.0. The quantitative estimate of drug-likeness (QED) is 0.206. The number of aryl methyl sites for hydroxylation is 1. The molecule has 0 radical (unpaired) electrons. The van der Waals surface area contributed by atoms with Crippen LogP contribution in [0.25, 0.3) is 11.1 Å². The number of benzene rings is 3. The first-order valence-electron chi connectivity index (χ1n) is 16.5. The van der Waals surface area contributed by atoms with E-state index < -0.39 is 21.3 Å². The van der Waals surface area contributed by atoms with Crippen molar-refractivity contribution in [3.63, 3.8) is 0 Å². The van der Waals surface area contributed by atoms with Crippen LogP contribution >= 0.6 is 0 Å². The number of fused-ring (bicyclic) bond motifs is 3. The molecule has 5 rings (SSSR count). The predicted molar refractivity (Wildman–Crippen MR) is 187 cm³/mol. The molecular weight excluding hydrogens is 596 g/mol. The Balaban J connectivity index is 1.89. The van der Waals surface area contributed by atoms with Crippen molar-refractivity contribution in [2.75, 3.05) is 0 Å². The second-order valence-corrected chi connectivity index (χ2v) is 22.5. The van der Waals surface area contributed by atoms with Crippen molar-refractivity contribution in [1.29, 1.82) is 0 Å². The van der Waals surface area contributed by atoms with Gasteiger partial charge < -0.3 is 0 Å². The van der Waals surface area contributed by atoms with Gasteiger partial charge in [0.25, 0.3) is 0 Å². The van der Waals surface area contributed by atoms with Gasteiger partial charge in [0.1, 0.15) is 0 Å². The normalized spacial score (nSPS) is 17.6. The molecule has 226 valence electrons. The van der Waals surface area contributed by atoms with E-state index in [-0.39, 0.29) is 16.2 Å². The molecule has 0 saturated heterocycles. The molecule has 2 aliphatic carbocycles. The van der Waals surface area contributed by atoms with E-state index in [1.54, 1.807) is 28.8 Å². The number of allylic oxidation sites excluding steroid dienone is 4. The van der Waals surface area contributed by atoms with Crippen molar-refractivity contribution in [3.05, 3.63) is 108 Å². The van der Waals surface area contributed by atoms with Crippen molar-refractivity contribution in [3.8, 4) is 11.1 Å². The Kier molecular flexibility index (Phi) is 8.53. The Labute approximate surface area is 270 Å². The molecule has 1 heteroatoms. The van der Waals surface area contributed by atoms with Gasteiger partial charge in [-0.15, -0.1) is 0 Å². The summed E-state index contributed by atoms with van der Waals surface area (Å²) < 4.78 is 5.25. The van der Waals surface area contributed by atoms with Crippen LogP contribution in [-0.4, -0.2) is 3.21 Å². The molecular formula is C42H54Zr. The number of rotatable bonds is 4. The average molecular weight is 650 g/mol. The summed E-state index contributed by atoms with van der Waals surface area (Å²) >= 11 is -2.70. The van der Waals surface area contributed by atoms with Crippen molar-refractivity contribution in [2.45, 2.75) is 114 Å².